The van der Waals surface area contributed by atoms with Gasteiger partial charge in [0.15, 0.2) is 0 Å². The fourth-order valence-corrected chi connectivity index (χ4v) is 3.74. The molecule has 1 fully saturated rings. The summed E-state index contributed by atoms with van der Waals surface area (Å²) >= 11 is 0. The quantitative estimate of drug-likeness (QED) is 0.779. The molecule has 0 N–H and O–H groups in total. The second-order valence-electron chi connectivity index (χ2n) is 7.56. The molecule has 3 heterocycles. The average molecular weight is 402 g/mol. The molecule has 2 aliphatic rings. The molecule has 0 bridgehead atoms. The molecule has 6 nitrogen and oxygen atoms in total. The van der Waals surface area contributed by atoms with E-state index in [1.54, 1.807) is 0 Å². The Labute approximate surface area is 168 Å². The fourth-order valence-electron chi connectivity index (χ4n) is 3.74. The average Bonchev–Trinajstić information content (AvgIpc) is 3.14. The number of anilines is 1. The van der Waals surface area contributed by atoms with Gasteiger partial charge in [0.2, 0.25) is 0 Å². The summed E-state index contributed by atoms with van der Waals surface area (Å²) in [6.07, 6.45) is 8.24. The number of halogens is 2. The summed E-state index contributed by atoms with van der Waals surface area (Å²) in [5.41, 5.74) is 1.55. The van der Waals surface area contributed by atoms with Crippen LogP contribution in [0.5, 0.6) is 0 Å². The highest BCUT2D eigenvalue weighted by molar-refractivity contribution is 5.68. The van der Waals surface area contributed by atoms with Crippen molar-refractivity contribution in [3.05, 3.63) is 59.6 Å². The van der Waals surface area contributed by atoms with Crippen LogP contribution in [0.25, 0.3) is 5.57 Å². The van der Waals surface area contributed by atoms with Crippen LogP contribution in [-0.2, 0) is 11.2 Å². The van der Waals surface area contributed by atoms with Gasteiger partial charge in [0, 0.05) is 32.4 Å². The van der Waals surface area contributed by atoms with Crippen molar-refractivity contribution < 1.29 is 18.0 Å². The van der Waals surface area contributed by atoms with E-state index in [0.29, 0.717) is 43.1 Å². The van der Waals surface area contributed by atoms with Crippen molar-refractivity contribution in [2.75, 3.05) is 38.4 Å². The van der Waals surface area contributed by atoms with Crippen molar-refractivity contribution in [2.45, 2.75) is 19.3 Å². The van der Waals surface area contributed by atoms with Crippen LogP contribution in [0.15, 0.2) is 41.1 Å². The van der Waals surface area contributed by atoms with Gasteiger partial charge < -0.3 is 19.1 Å². The Hall–Kier alpha value is -2.74. The van der Waals surface area contributed by atoms with Crippen molar-refractivity contribution in [1.29, 1.82) is 0 Å². The smallest absolute Gasteiger partial charge is 0.266 e. The van der Waals surface area contributed by atoms with Crippen molar-refractivity contribution in [1.82, 2.24) is 15.0 Å². The summed E-state index contributed by atoms with van der Waals surface area (Å²) in [4.78, 5) is 8.57. The molecular weight excluding hydrogens is 378 g/mol. The summed E-state index contributed by atoms with van der Waals surface area (Å²) in [6.45, 7) is 2.59. The third kappa shape index (κ3) is 5.00. The van der Waals surface area contributed by atoms with Gasteiger partial charge in [0.1, 0.15) is 18.4 Å². The van der Waals surface area contributed by atoms with Gasteiger partial charge >= 0.3 is 0 Å². The van der Waals surface area contributed by atoms with Crippen LogP contribution in [0.3, 0.4) is 0 Å². The summed E-state index contributed by atoms with van der Waals surface area (Å²) in [5.74, 6) is 0.384. The van der Waals surface area contributed by atoms with Gasteiger partial charge in [-0.25, -0.2) is 8.78 Å². The molecule has 1 aromatic carbocycles. The molecule has 1 aromatic heterocycles. The van der Waals surface area contributed by atoms with Gasteiger partial charge in [-0.1, -0.05) is 6.08 Å². The van der Waals surface area contributed by atoms with E-state index in [0.717, 1.165) is 37.6 Å². The molecule has 29 heavy (non-hydrogen) atoms. The van der Waals surface area contributed by atoms with E-state index in [9.17, 15) is 8.78 Å². The zero-order valence-corrected chi connectivity index (χ0v) is 16.4. The predicted octanol–water partition coefficient (Wildman–Crippen LogP) is 3.62. The lowest BCUT2D eigenvalue weighted by Crippen LogP contribution is -2.35. The number of hydrogen-bond donors (Lipinski definition) is 0. The number of aromatic nitrogens is 2. The van der Waals surface area contributed by atoms with E-state index < -0.39 is 11.6 Å². The zero-order valence-electron chi connectivity index (χ0n) is 16.4. The van der Waals surface area contributed by atoms with Crippen molar-refractivity contribution >= 4 is 11.5 Å². The maximum Gasteiger partial charge on any atom is 0.266 e. The number of nitrogens with zero attached hydrogens (tertiary/aromatic N) is 4. The molecule has 8 heteroatoms. The second-order valence-corrected chi connectivity index (χ2v) is 7.56. The minimum Gasteiger partial charge on any atom is -0.357 e. The fraction of sp³-hybridized carbons (Fsp3) is 0.429. The standard InChI is InChI=1S/C21H24F2N4O2/c1-26-13-17(3-2-8-28-14-26)20-24-21(25-29-20)27-6-4-15(5-7-27)9-16-10-18(22)12-19(23)11-16/h2-3,10-13,15H,4-9,14H2,1H3/b3-2-,17-13+. The lowest BCUT2D eigenvalue weighted by Gasteiger charge is -2.30. The van der Waals surface area contributed by atoms with Crippen LogP contribution < -0.4 is 4.90 Å². The van der Waals surface area contributed by atoms with Crippen LogP contribution in [0, 0.1) is 17.6 Å². The van der Waals surface area contributed by atoms with Gasteiger partial charge in [0.05, 0.1) is 12.2 Å². The zero-order chi connectivity index (χ0) is 20.2. The van der Waals surface area contributed by atoms with Gasteiger partial charge in [-0.3, -0.25) is 0 Å². The first-order valence-corrected chi connectivity index (χ1v) is 9.77. The maximum absolute atomic E-state index is 13.4. The largest absolute Gasteiger partial charge is 0.357 e. The number of benzene rings is 1. The maximum atomic E-state index is 13.4. The van der Waals surface area contributed by atoms with Crippen LogP contribution in [0.1, 0.15) is 24.3 Å². The van der Waals surface area contributed by atoms with Crippen LogP contribution in [0.2, 0.25) is 0 Å². The molecule has 0 radical (unpaired) electrons. The van der Waals surface area contributed by atoms with Crippen molar-refractivity contribution in [3.63, 3.8) is 0 Å². The van der Waals surface area contributed by atoms with Crippen LogP contribution in [-0.4, -0.2) is 48.5 Å². The molecule has 0 saturated carbocycles. The second kappa shape index (κ2) is 8.73. The minimum absolute atomic E-state index is 0.378. The SMILES string of the molecule is CN1/C=C(c2nc(N3CCC(Cc4cc(F)cc(F)c4)CC3)no2)\C=C/COC1. The van der Waals surface area contributed by atoms with Crippen LogP contribution >= 0.6 is 0 Å². The van der Waals surface area contributed by atoms with E-state index in [2.05, 4.69) is 15.0 Å². The lowest BCUT2D eigenvalue weighted by atomic mass is 9.90. The number of ether oxygens (including phenoxy) is 1. The Bertz CT molecular complexity index is 884. The van der Waals surface area contributed by atoms with E-state index in [4.69, 9.17) is 9.26 Å². The molecule has 4 rings (SSSR count). The molecule has 0 spiro atoms. The summed E-state index contributed by atoms with van der Waals surface area (Å²) in [6, 6.07) is 3.74. The van der Waals surface area contributed by atoms with E-state index in [-0.39, 0.29) is 0 Å². The molecule has 0 amide bonds. The first-order valence-electron chi connectivity index (χ1n) is 9.77. The molecule has 0 atom stereocenters. The number of allylic oxidation sites excluding steroid dienone is 2. The Balaban J connectivity index is 1.37. The number of piperidine rings is 1. The predicted molar refractivity (Wildman–Crippen MR) is 105 cm³/mol. The summed E-state index contributed by atoms with van der Waals surface area (Å²) < 4.78 is 37.7. The van der Waals surface area contributed by atoms with E-state index >= 15 is 0 Å². The van der Waals surface area contributed by atoms with E-state index in [1.165, 1.54) is 12.1 Å². The molecule has 1 saturated heterocycles. The number of hydrogen-bond acceptors (Lipinski definition) is 6. The third-order valence-corrected chi connectivity index (χ3v) is 5.17. The van der Waals surface area contributed by atoms with Crippen molar-refractivity contribution in [2.24, 2.45) is 5.92 Å². The van der Waals surface area contributed by atoms with Crippen LogP contribution in [0.4, 0.5) is 14.7 Å². The Morgan fingerprint density at radius 1 is 1.14 bits per heavy atom. The highest BCUT2D eigenvalue weighted by Crippen LogP contribution is 2.26. The first kappa shape index (κ1) is 19.6. The van der Waals surface area contributed by atoms with Gasteiger partial charge in [-0.15, -0.1) is 0 Å². The highest BCUT2D eigenvalue weighted by Gasteiger charge is 2.24. The summed E-state index contributed by atoms with van der Waals surface area (Å²) in [5, 5.41) is 4.14. The van der Waals surface area contributed by atoms with Gasteiger partial charge in [-0.05, 0) is 54.1 Å². The highest BCUT2D eigenvalue weighted by atomic mass is 19.1. The lowest BCUT2D eigenvalue weighted by molar-refractivity contribution is 0.0853. The molecular formula is C21H24F2N4O2. The normalized spacial score (nSPS) is 21.4. The topological polar surface area (TPSA) is 54.6 Å². The Kier molecular flexibility index (Phi) is 5.89. The Morgan fingerprint density at radius 3 is 2.66 bits per heavy atom. The summed E-state index contributed by atoms with van der Waals surface area (Å²) in [7, 11) is 1.92. The third-order valence-electron chi connectivity index (χ3n) is 5.17. The molecule has 2 aliphatic heterocycles. The minimum atomic E-state index is -0.522. The first-order chi connectivity index (χ1) is 14.1. The Morgan fingerprint density at radius 2 is 1.90 bits per heavy atom. The monoisotopic (exact) mass is 402 g/mol. The van der Waals surface area contributed by atoms with E-state index in [1.807, 2.05) is 30.3 Å². The molecule has 154 valence electrons. The molecule has 2 aromatic rings. The molecule has 0 unspecified atom stereocenters. The van der Waals surface area contributed by atoms with Crippen molar-refractivity contribution in [3.8, 4) is 0 Å². The van der Waals surface area contributed by atoms with Gasteiger partial charge in [-0.2, -0.15) is 4.98 Å². The number of rotatable bonds is 4. The molecule has 0 aliphatic carbocycles. The van der Waals surface area contributed by atoms with Gasteiger partial charge in [0.25, 0.3) is 11.8 Å².